The molecule has 0 aliphatic rings. The SMILES string of the molecule is CC(=O)c1cnn2cc(-c3cnn(C)c3)sc12. The molecule has 0 fully saturated rings. The largest absolute Gasteiger partial charge is 0.294 e. The molecule has 5 nitrogen and oxygen atoms in total. The highest BCUT2D eigenvalue weighted by molar-refractivity contribution is 7.21. The van der Waals surface area contributed by atoms with E-state index in [1.807, 2.05) is 19.4 Å². The lowest BCUT2D eigenvalue weighted by Gasteiger charge is -1.87. The number of nitrogens with zero attached hydrogens (tertiary/aromatic N) is 4. The third-order valence-corrected chi connectivity index (χ3v) is 3.73. The monoisotopic (exact) mass is 246 g/mol. The molecule has 0 aliphatic carbocycles. The van der Waals surface area contributed by atoms with E-state index in [-0.39, 0.29) is 5.78 Å². The van der Waals surface area contributed by atoms with Crippen LogP contribution in [-0.4, -0.2) is 25.2 Å². The van der Waals surface area contributed by atoms with Crippen LogP contribution in [0.25, 0.3) is 15.3 Å². The summed E-state index contributed by atoms with van der Waals surface area (Å²) >= 11 is 1.55. The zero-order valence-corrected chi connectivity index (χ0v) is 10.2. The van der Waals surface area contributed by atoms with Gasteiger partial charge in [0, 0.05) is 25.0 Å². The number of ketones is 1. The van der Waals surface area contributed by atoms with E-state index in [0.717, 1.165) is 15.3 Å². The fourth-order valence-corrected chi connectivity index (χ4v) is 2.79. The molecule has 0 bridgehead atoms. The Kier molecular flexibility index (Phi) is 2.12. The zero-order valence-electron chi connectivity index (χ0n) is 9.41. The molecule has 6 heteroatoms. The molecule has 0 aromatic carbocycles. The van der Waals surface area contributed by atoms with E-state index in [4.69, 9.17) is 0 Å². The van der Waals surface area contributed by atoms with E-state index in [1.165, 1.54) is 0 Å². The number of carbonyl (C=O) groups excluding carboxylic acids is 1. The van der Waals surface area contributed by atoms with Crippen LogP contribution in [-0.2, 0) is 7.05 Å². The number of hydrogen-bond acceptors (Lipinski definition) is 4. The van der Waals surface area contributed by atoms with E-state index in [0.29, 0.717) is 5.56 Å². The van der Waals surface area contributed by atoms with Gasteiger partial charge in [-0.2, -0.15) is 10.2 Å². The Morgan fingerprint density at radius 2 is 2.12 bits per heavy atom. The summed E-state index contributed by atoms with van der Waals surface area (Å²) in [6.07, 6.45) is 7.28. The van der Waals surface area contributed by atoms with Crippen LogP contribution < -0.4 is 0 Å². The number of rotatable bonds is 2. The first-order valence-corrected chi connectivity index (χ1v) is 5.94. The molecule has 3 heterocycles. The van der Waals surface area contributed by atoms with Gasteiger partial charge in [0.1, 0.15) is 4.83 Å². The first kappa shape index (κ1) is 10.2. The summed E-state index contributed by atoms with van der Waals surface area (Å²) in [5, 5.41) is 8.30. The zero-order chi connectivity index (χ0) is 12.0. The minimum Gasteiger partial charge on any atom is -0.294 e. The van der Waals surface area contributed by atoms with Crippen molar-refractivity contribution in [3.8, 4) is 10.4 Å². The molecule has 17 heavy (non-hydrogen) atoms. The van der Waals surface area contributed by atoms with Gasteiger partial charge in [-0.05, 0) is 6.92 Å². The number of aryl methyl sites for hydroxylation is 1. The van der Waals surface area contributed by atoms with E-state index < -0.39 is 0 Å². The summed E-state index contributed by atoms with van der Waals surface area (Å²) < 4.78 is 3.49. The normalized spacial score (nSPS) is 11.2. The van der Waals surface area contributed by atoms with Gasteiger partial charge in [-0.1, -0.05) is 0 Å². The predicted octanol–water partition coefficient (Wildman–Crippen LogP) is 2.00. The third kappa shape index (κ3) is 1.57. The predicted molar refractivity (Wildman–Crippen MR) is 65.3 cm³/mol. The minimum absolute atomic E-state index is 0.0413. The average Bonchev–Trinajstić information content (AvgIpc) is 2.89. The molecular weight excluding hydrogens is 236 g/mol. The highest BCUT2D eigenvalue weighted by atomic mass is 32.1. The molecule has 0 radical (unpaired) electrons. The maximum Gasteiger partial charge on any atom is 0.164 e. The number of aromatic nitrogens is 4. The maximum absolute atomic E-state index is 11.4. The van der Waals surface area contributed by atoms with Gasteiger partial charge in [-0.3, -0.25) is 9.48 Å². The van der Waals surface area contributed by atoms with Crippen LogP contribution in [0, 0.1) is 0 Å². The number of carbonyl (C=O) groups is 1. The van der Waals surface area contributed by atoms with Crippen LogP contribution in [0.2, 0.25) is 0 Å². The van der Waals surface area contributed by atoms with Crippen molar-refractivity contribution in [2.75, 3.05) is 0 Å². The van der Waals surface area contributed by atoms with Crippen molar-refractivity contribution in [3.63, 3.8) is 0 Å². The molecule has 3 aromatic heterocycles. The first-order valence-electron chi connectivity index (χ1n) is 5.12. The molecule has 3 aromatic rings. The molecule has 86 valence electrons. The van der Waals surface area contributed by atoms with Crippen molar-refractivity contribution in [2.24, 2.45) is 7.05 Å². The molecule has 0 aliphatic heterocycles. The Labute approximate surface area is 101 Å². The summed E-state index contributed by atoms with van der Waals surface area (Å²) in [4.78, 5) is 13.4. The van der Waals surface area contributed by atoms with E-state index in [9.17, 15) is 4.79 Å². The number of thiazole rings is 1. The number of Topliss-reactive ketones (excluding diaryl/α,β-unsaturated/α-hetero) is 1. The summed E-state index contributed by atoms with van der Waals surface area (Å²) in [6.45, 7) is 1.56. The van der Waals surface area contributed by atoms with Gasteiger partial charge in [0.2, 0.25) is 0 Å². The van der Waals surface area contributed by atoms with Crippen LogP contribution in [0.3, 0.4) is 0 Å². The van der Waals surface area contributed by atoms with Crippen molar-refractivity contribution in [1.82, 2.24) is 19.4 Å². The van der Waals surface area contributed by atoms with Crippen molar-refractivity contribution >= 4 is 22.0 Å². The lowest BCUT2D eigenvalue weighted by atomic mass is 10.3. The Balaban J connectivity index is 2.17. The summed E-state index contributed by atoms with van der Waals surface area (Å²) in [5.74, 6) is 0.0413. The molecule has 0 unspecified atom stereocenters. The summed E-state index contributed by atoms with van der Waals surface area (Å²) in [6, 6.07) is 0. The highest BCUT2D eigenvalue weighted by Crippen LogP contribution is 2.29. The van der Waals surface area contributed by atoms with Crippen LogP contribution in [0.15, 0.2) is 24.8 Å². The third-order valence-electron chi connectivity index (χ3n) is 2.56. The number of hydrogen-bond donors (Lipinski definition) is 0. The first-order chi connectivity index (χ1) is 8.15. The highest BCUT2D eigenvalue weighted by Gasteiger charge is 2.13. The summed E-state index contributed by atoms with van der Waals surface area (Å²) in [5.41, 5.74) is 1.71. The second-order valence-corrected chi connectivity index (χ2v) is 4.89. The van der Waals surface area contributed by atoms with Crippen molar-refractivity contribution in [2.45, 2.75) is 6.92 Å². The van der Waals surface area contributed by atoms with Gasteiger partial charge < -0.3 is 0 Å². The topological polar surface area (TPSA) is 52.2 Å². The van der Waals surface area contributed by atoms with E-state index >= 15 is 0 Å². The van der Waals surface area contributed by atoms with Crippen LogP contribution in [0.4, 0.5) is 0 Å². The Morgan fingerprint density at radius 3 is 2.76 bits per heavy atom. The van der Waals surface area contributed by atoms with Gasteiger partial charge in [-0.25, -0.2) is 4.52 Å². The van der Waals surface area contributed by atoms with Crippen LogP contribution in [0.5, 0.6) is 0 Å². The fourth-order valence-electron chi connectivity index (χ4n) is 1.71. The molecule has 0 saturated carbocycles. The van der Waals surface area contributed by atoms with Gasteiger partial charge in [0.05, 0.1) is 22.8 Å². The Morgan fingerprint density at radius 1 is 1.29 bits per heavy atom. The second kappa shape index (κ2) is 3.53. The number of fused-ring (bicyclic) bond motifs is 1. The molecule has 0 spiro atoms. The van der Waals surface area contributed by atoms with Crippen LogP contribution >= 0.6 is 11.3 Å². The van der Waals surface area contributed by atoms with Gasteiger partial charge >= 0.3 is 0 Å². The molecular formula is C11H10N4OS. The lowest BCUT2D eigenvalue weighted by Crippen LogP contribution is -1.87. The van der Waals surface area contributed by atoms with Gasteiger partial charge in [0.15, 0.2) is 5.78 Å². The summed E-state index contributed by atoms with van der Waals surface area (Å²) in [7, 11) is 1.88. The van der Waals surface area contributed by atoms with Crippen molar-refractivity contribution in [1.29, 1.82) is 0 Å². The van der Waals surface area contributed by atoms with Crippen molar-refractivity contribution in [3.05, 3.63) is 30.4 Å². The molecule has 0 saturated heterocycles. The van der Waals surface area contributed by atoms with Gasteiger partial charge in [-0.15, -0.1) is 11.3 Å². The van der Waals surface area contributed by atoms with Crippen LogP contribution in [0.1, 0.15) is 17.3 Å². The molecule has 0 atom stereocenters. The lowest BCUT2D eigenvalue weighted by molar-refractivity contribution is 0.101. The van der Waals surface area contributed by atoms with E-state index in [2.05, 4.69) is 10.2 Å². The molecule has 3 rings (SSSR count). The Bertz CT molecular complexity index is 706. The van der Waals surface area contributed by atoms with E-state index in [1.54, 1.807) is 39.9 Å². The smallest absolute Gasteiger partial charge is 0.164 e. The Hall–Kier alpha value is -1.95. The fraction of sp³-hybridized carbons (Fsp3) is 0.182. The quantitative estimate of drug-likeness (QED) is 0.650. The molecule has 0 amide bonds. The van der Waals surface area contributed by atoms with Gasteiger partial charge in [0.25, 0.3) is 0 Å². The average molecular weight is 246 g/mol. The molecule has 0 N–H and O–H groups in total. The second-order valence-electron chi connectivity index (χ2n) is 3.86. The van der Waals surface area contributed by atoms with Crippen molar-refractivity contribution < 1.29 is 4.79 Å². The standard InChI is InChI=1S/C11H10N4OS/c1-7(16)9-4-13-15-6-10(17-11(9)15)8-3-12-14(2)5-8/h3-6H,1-2H3. The minimum atomic E-state index is 0.0413. The maximum atomic E-state index is 11.4.